The molecule has 166 valence electrons. The van der Waals surface area contributed by atoms with Gasteiger partial charge in [0, 0.05) is 23.5 Å². The van der Waals surface area contributed by atoms with E-state index in [0.29, 0.717) is 22.6 Å². The number of aromatic amines is 1. The summed E-state index contributed by atoms with van der Waals surface area (Å²) in [7, 11) is 2.48. The van der Waals surface area contributed by atoms with Crippen LogP contribution in [0, 0.1) is 17.0 Å². The van der Waals surface area contributed by atoms with Gasteiger partial charge in [0.05, 0.1) is 42.6 Å². The molecule has 1 aromatic heterocycles. The molecule has 3 aromatic rings. The summed E-state index contributed by atoms with van der Waals surface area (Å²) in [5.74, 6) is -1.24. The number of esters is 2. The van der Waals surface area contributed by atoms with Gasteiger partial charge in [0.25, 0.3) is 5.69 Å². The quantitative estimate of drug-likeness (QED) is 0.271. The Morgan fingerprint density at radius 2 is 1.72 bits per heavy atom. The monoisotopic (exact) mass is 438 g/mol. The van der Waals surface area contributed by atoms with Crippen LogP contribution in [0.3, 0.4) is 0 Å². The van der Waals surface area contributed by atoms with Crippen molar-refractivity contribution in [3.05, 3.63) is 81.2 Å². The Labute approximate surface area is 183 Å². The molecule has 0 unspecified atom stereocenters. The summed E-state index contributed by atoms with van der Waals surface area (Å²) < 4.78 is 9.61. The van der Waals surface area contributed by atoms with Gasteiger partial charge in [-0.15, -0.1) is 0 Å². The minimum atomic E-state index is -0.624. The minimum absolute atomic E-state index is 0.0624. The molecule has 10 nitrogen and oxygen atoms in total. The van der Waals surface area contributed by atoms with Crippen molar-refractivity contribution in [2.24, 2.45) is 0 Å². The third-order valence-electron chi connectivity index (χ3n) is 4.83. The molecule has 1 heterocycles. The third-order valence-corrected chi connectivity index (χ3v) is 4.83. The van der Waals surface area contributed by atoms with Crippen LogP contribution in [0.4, 0.5) is 22.7 Å². The molecule has 2 aromatic carbocycles. The van der Waals surface area contributed by atoms with Gasteiger partial charge in [-0.05, 0) is 30.7 Å². The first-order chi connectivity index (χ1) is 15.3. The van der Waals surface area contributed by atoms with Crippen molar-refractivity contribution in [3.63, 3.8) is 0 Å². The molecular formula is C22H22N4O6. The van der Waals surface area contributed by atoms with Gasteiger partial charge in [0.15, 0.2) is 0 Å². The van der Waals surface area contributed by atoms with Crippen molar-refractivity contribution in [2.45, 2.75) is 13.5 Å². The summed E-state index contributed by atoms with van der Waals surface area (Å²) in [4.78, 5) is 38.0. The van der Waals surface area contributed by atoms with E-state index >= 15 is 0 Å². The summed E-state index contributed by atoms with van der Waals surface area (Å²) >= 11 is 0. The summed E-state index contributed by atoms with van der Waals surface area (Å²) in [5, 5.41) is 17.6. The first-order valence-corrected chi connectivity index (χ1v) is 9.58. The van der Waals surface area contributed by atoms with Crippen LogP contribution in [0.15, 0.2) is 48.5 Å². The second kappa shape index (κ2) is 9.65. The molecule has 3 N–H and O–H groups in total. The molecular weight excluding hydrogens is 416 g/mol. The normalized spacial score (nSPS) is 10.3. The topological polar surface area (TPSA) is 136 Å². The number of hydrogen-bond donors (Lipinski definition) is 3. The molecule has 0 bridgehead atoms. The highest BCUT2D eigenvalue weighted by atomic mass is 16.6. The number of H-pyrrole nitrogens is 1. The molecule has 0 saturated carbocycles. The number of methoxy groups -OCH3 is 2. The van der Waals surface area contributed by atoms with E-state index in [4.69, 9.17) is 9.47 Å². The molecule has 0 saturated heterocycles. The number of nitrogens with one attached hydrogen (secondary N) is 3. The van der Waals surface area contributed by atoms with E-state index < -0.39 is 16.9 Å². The number of benzene rings is 2. The summed E-state index contributed by atoms with van der Waals surface area (Å²) in [6.45, 7) is 1.67. The van der Waals surface area contributed by atoms with Crippen LogP contribution in [0.25, 0.3) is 0 Å². The lowest BCUT2D eigenvalue weighted by Gasteiger charge is -2.14. The Balaban J connectivity index is 1.96. The lowest BCUT2D eigenvalue weighted by molar-refractivity contribution is -0.384. The first-order valence-electron chi connectivity index (χ1n) is 9.58. The molecule has 32 heavy (non-hydrogen) atoms. The molecule has 10 heteroatoms. The standard InChI is InChI=1S/C22H22N4O6/c1-13-19(21(27)31-2)18(25-20(13)22(28)32-3)12-23-17-11-15(26(29)30)9-10-16(17)24-14-7-5-4-6-8-14/h4-11,23-25H,12H2,1-3H3. The number of nitrogens with zero attached hydrogens (tertiary/aromatic N) is 1. The van der Waals surface area contributed by atoms with Crippen LogP contribution in [0.5, 0.6) is 0 Å². The van der Waals surface area contributed by atoms with Crippen LogP contribution in [-0.4, -0.2) is 36.1 Å². The van der Waals surface area contributed by atoms with Crippen LogP contribution >= 0.6 is 0 Å². The number of para-hydroxylation sites is 1. The maximum Gasteiger partial charge on any atom is 0.354 e. The van der Waals surface area contributed by atoms with Crippen LogP contribution in [0.2, 0.25) is 0 Å². The average Bonchev–Trinajstić information content (AvgIpc) is 3.13. The molecule has 0 aliphatic heterocycles. The van der Waals surface area contributed by atoms with Crippen LogP contribution in [0.1, 0.15) is 32.1 Å². The fraction of sp³-hybridized carbons (Fsp3) is 0.182. The molecule has 0 spiro atoms. The highest BCUT2D eigenvalue weighted by Crippen LogP contribution is 2.31. The molecule has 0 amide bonds. The van der Waals surface area contributed by atoms with Crippen LogP contribution in [-0.2, 0) is 16.0 Å². The van der Waals surface area contributed by atoms with Crippen LogP contribution < -0.4 is 10.6 Å². The number of non-ortho nitro benzene ring substituents is 1. The zero-order chi connectivity index (χ0) is 23.3. The highest BCUT2D eigenvalue weighted by molar-refractivity contribution is 5.98. The average molecular weight is 438 g/mol. The summed E-state index contributed by atoms with van der Waals surface area (Å²) in [6.07, 6.45) is 0. The second-order valence-corrected chi connectivity index (χ2v) is 6.79. The van der Waals surface area contributed by atoms with E-state index in [2.05, 4.69) is 15.6 Å². The fourth-order valence-corrected chi connectivity index (χ4v) is 3.24. The summed E-state index contributed by atoms with van der Waals surface area (Å²) in [6, 6.07) is 13.7. The number of carbonyl (C=O) groups excluding carboxylic acids is 2. The predicted octanol–water partition coefficient (Wildman–Crippen LogP) is 4.16. The lowest BCUT2D eigenvalue weighted by Crippen LogP contribution is -2.10. The van der Waals surface area contributed by atoms with Gasteiger partial charge >= 0.3 is 11.9 Å². The number of carbonyl (C=O) groups is 2. The van der Waals surface area contributed by atoms with Gasteiger partial charge < -0.3 is 25.1 Å². The van der Waals surface area contributed by atoms with Crippen molar-refractivity contribution in [1.29, 1.82) is 0 Å². The number of hydrogen-bond acceptors (Lipinski definition) is 8. The van der Waals surface area contributed by atoms with E-state index in [-0.39, 0.29) is 23.5 Å². The van der Waals surface area contributed by atoms with Gasteiger partial charge in [0.2, 0.25) is 0 Å². The van der Waals surface area contributed by atoms with Gasteiger partial charge in [0.1, 0.15) is 5.69 Å². The molecule has 3 rings (SSSR count). The smallest absolute Gasteiger partial charge is 0.354 e. The number of rotatable bonds is 8. The van der Waals surface area contributed by atoms with Crippen molar-refractivity contribution in [2.75, 3.05) is 24.9 Å². The molecule has 0 aliphatic carbocycles. The number of ether oxygens (including phenoxy) is 2. The Morgan fingerprint density at radius 3 is 2.34 bits per heavy atom. The number of aromatic nitrogens is 1. The van der Waals surface area contributed by atoms with Gasteiger partial charge in [-0.1, -0.05) is 18.2 Å². The van der Waals surface area contributed by atoms with E-state index in [9.17, 15) is 19.7 Å². The van der Waals surface area contributed by atoms with Gasteiger partial charge in [-0.25, -0.2) is 9.59 Å². The number of nitro benzene ring substituents is 1. The molecule has 0 atom stereocenters. The Bertz CT molecular complexity index is 1160. The Hall–Kier alpha value is -4.34. The van der Waals surface area contributed by atoms with E-state index in [1.54, 1.807) is 13.0 Å². The summed E-state index contributed by atoms with van der Waals surface area (Å²) in [5.41, 5.74) is 2.83. The SMILES string of the molecule is COC(=O)c1[nH]c(CNc2cc([N+](=O)[O-])ccc2Nc2ccccc2)c(C(=O)OC)c1C. The zero-order valence-corrected chi connectivity index (χ0v) is 17.7. The van der Waals surface area contributed by atoms with Crippen molar-refractivity contribution in [1.82, 2.24) is 4.98 Å². The van der Waals surface area contributed by atoms with Crippen molar-refractivity contribution >= 4 is 34.7 Å². The predicted molar refractivity (Wildman–Crippen MR) is 118 cm³/mol. The Morgan fingerprint density at radius 1 is 1.03 bits per heavy atom. The molecule has 0 radical (unpaired) electrons. The number of nitro groups is 1. The largest absolute Gasteiger partial charge is 0.465 e. The molecule has 0 aliphatic rings. The first kappa shape index (κ1) is 22.3. The highest BCUT2D eigenvalue weighted by Gasteiger charge is 2.25. The Kier molecular flexibility index (Phi) is 6.74. The second-order valence-electron chi connectivity index (χ2n) is 6.79. The zero-order valence-electron chi connectivity index (χ0n) is 17.7. The van der Waals surface area contributed by atoms with Crippen molar-refractivity contribution in [3.8, 4) is 0 Å². The van der Waals surface area contributed by atoms with Crippen molar-refractivity contribution < 1.29 is 24.0 Å². The third kappa shape index (κ3) is 4.69. The maximum absolute atomic E-state index is 12.3. The van der Waals surface area contributed by atoms with Gasteiger partial charge in [-0.2, -0.15) is 0 Å². The van der Waals surface area contributed by atoms with E-state index in [1.165, 1.54) is 26.4 Å². The lowest BCUT2D eigenvalue weighted by atomic mass is 10.1. The maximum atomic E-state index is 12.3. The fourth-order valence-electron chi connectivity index (χ4n) is 3.24. The minimum Gasteiger partial charge on any atom is -0.465 e. The molecule has 0 fully saturated rings. The van der Waals surface area contributed by atoms with E-state index in [1.807, 2.05) is 30.3 Å². The van der Waals surface area contributed by atoms with Gasteiger partial charge in [-0.3, -0.25) is 10.1 Å². The van der Waals surface area contributed by atoms with E-state index in [0.717, 1.165) is 5.69 Å². The number of anilines is 3.